The summed E-state index contributed by atoms with van der Waals surface area (Å²) >= 11 is 5.98. The highest BCUT2D eigenvalue weighted by molar-refractivity contribution is 7.92. The number of anilines is 1. The van der Waals surface area contributed by atoms with E-state index in [1.165, 1.54) is 36.4 Å². The van der Waals surface area contributed by atoms with Crippen molar-refractivity contribution in [2.75, 3.05) is 4.72 Å². The molecular weight excluding hydrogens is 415 g/mol. The molecule has 0 aliphatic rings. The fourth-order valence-corrected chi connectivity index (χ4v) is 3.91. The first-order valence-electron chi connectivity index (χ1n) is 8.69. The Labute approximate surface area is 173 Å². The molecule has 3 aromatic rings. The van der Waals surface area contributed by atoms with Crippen LogP contribution < -0.4 is 10.0 Å². The number of nitrogens with one attached hydrogen (secondary N) is 2. The summed E-state index contributed by atoms with van der Waals surface area (Å²) in [6, 6.07) is 17.5. The zero-order chi connectivity index (χ0) is 21.0. The summed E-state index contributed by atoms with van der Waals surface area (Å²) < 4.78 is 40.1. The van der Waals surface area contributed by atoms with Crippen LogP contribution in [0.5, 0.6) is 0 Å². The van der Waals surface area contributed by atoms with Gasteiger partial charge >= 0.3 is 0 Å². The number of carbonyl (C=O) groups is 1. The fourth-order valence-electron chi connectivity index (χ4n) is 2.66. The van der Waals surface area contributed by atoms with E-state index in [1.807, 2.05) is 19.1 Å². The van der Waals surface area contributed by atoms with Crippen molar-refractivity contribution in [3.8, 4) is 0 Å². The van der Waals surface area contributed by atoms with Gasteiger partial charge in [0.1, 0.15) is 5.82 Å². The van der Waals surface area contributed by atoms with Gasteiger partial charge in [0.05, 0.1) is 10.9 Å². The largest absolute Gasteiger partial charge is 0.346 e. The lowest BCUT2D eigenvalue weighted by Gasteiger charge is -2.15. The summed E-state index contributed by atoms with van der Waals surface area (Å²) in [6.45, 7) is 1.84. The topological polar surface area (TPSA) is 75.3 Å². The van der Waals surface area contributed by atoms with E-state index >= 15 is 0 Å². The van der Waals surface area contributed by atoms with Gasteiger partial charge in [0, 0.05) is 16.3 Å². The second-order valence-electron chi connectivity index (χ2n) is 6.39. The summed E-state index contributed by atoms with van der Waals surface area (Å²) in [4.78, 5) is 12.4. The van der Waals surface area contributed by atoms with Crippen molar-refractivity contribution in [3.63, 3.8) is 0 Å². The predicted molar refractivity (Wildman–Crippen MR) is 111 cm³/mol. The van der Waals surface area contributed by atoms with E-state index in [0.29, 0.717) is 10.6 Å². The Bertz CT molecular complexity index is 1120. The van der Waals surface area contributed by atoms with Crippen molar-refractivity contribution in [1.29, 1.82) is 0 Å². The van der Waals surface area contributed by atoms with Crippen molar-refractivity contribution >= 4 is 33.2 Å². The molecule has 0 radical (unpaired) electrons. The smallest absolute Gasteiger partial charge is 0.261 e. The molecule has 150 valence electrons. The molecule has 0 aliphatic carbocycles. The van der Waals surface area contributed by atoms with Crippen LogP contribution in [0.3, 0.4) is 0 Å². The van der Waals surface area contributed by atoms with Crippen LogP contribution in [0.2, 0.25) is 5.02 Å². The number of halogens is 2. The predicted octanol–water partition coefficient (Wildman–Crippen LogP) is 4.77. The number of hydrogen-bond acceptors (Lipinski definition) is 3. The highest BCUT2D eigenvalue weighted by Gasteiger charge is 2.15. The molecule has 0 spiro atoms. The molecule has 0 aliphatic heterocycles. The zero-order valence-corrected chi connectivity index (χ0v) is 17.0. The number of sulfonamides is 1. The number of benzene rings is 3. The Morgan fingerprint density at radius 2 is 1.66 bits per heavy atom. The molecule has 2 N–H and O–H groups in total. The minimum Gasteiger partial charge on any atom is -0.346 e. The van der Waals surface area contributed by atoms with Crippen LogP contribution >= 0.6 is 11.6 Å². The van der Waals surface area contributed by atoms with Gasteiger partial charge in [-0.2, -0.15) is 0 Å². The van der Waals surface area contributed by atoms with E-state index in [-0.39, 0.29) is 22.5 Å². The molecule has 1 unspecified atom stereocenters. The number of rotatable bonds is 6. The first-order chi connectivity index (χ1) is 13.7. The molecule has 0 aromatic heterocycles. The Balaban J connectivity index is 1.68. The average molecular weight is 433 g/mol. The Kier molecular flexibility index (Phi) is 6.20. The Hall–Kier alpha value is -2.90. The van der Waals surface area contributed by atoms with E-state index in [4.69, 9.17) is 11.6 Å². The molecule has 0 fully saturated rings. The minimum atomic E-state index is -3.85. The molecule has 3 rings (SSSR count). The third-order valence-corrected chi connectivity index (χ3v) is 5.85. The standard InChI is InChI=1S/C21H18ClFN2O3S/c1-14(16-3-2-4-17(22)13-16)24-21(26)15-5-9-19(10-6-15)25-29(27,28)20-11-7-18(23)8-12-20/h2-14,25H,1H3,(H,24,26). The van der Waals surface area contributed by atoms with Gasteiger partial charge in [-0.05, 0) is 73.2 Å². The van der Waals surface area contributed by atoms with E-state index in [1.54, 1.807) is 12.1 Å². The SMILES string of the molecule is CC(NC(=O)c1ccc(NS(=O)(=O)c2ccc(F)cc2)cc1)c1cccc(Cl)c1. The molecule has 1 atom stereocenters. The van der Waals surface area contributed by atoms with Gasteiger partial charge in [-0.3, -0.25) is 9.52 Å². The molecule has 8 heteroatoms. The third-order valence-electron chi connectivity index (χ3n) is 4.22. The number of hydrogen-bond donors (Lipinski definition) is 2. The van der Waals surface area contributed by atoms with Crippen molar-refractivity contribution in [3.05, 3.63) is 94.8 Å². The van der Waals surface area contributed by atoms with Crippen molar-refractivity contribution < 1.29 is 17.6 Å². The van der Waals surface area contributed by atoms with Gasteiger partial charge in [-0.1, -0.05) is 23.7 Å². The highest BCUT2D eigenvalue weighted by Crippen LogP contribution is 2.19. The summed E-state index contributed by atoms with van der Waals surface area (Å²) in [5.41, 5.74) is 1.53. The highest BCUT2D eigenvalue weighted by atomic mass is 35.5. The van der Waals surface area contributed by atoms with Crippen molar-refractivity contribution in [2.45, 2.75) is 17.9 Å². The Morgan fingerprint density at radius 3 is 2.28 bits per heavy atom. The van der Waals surface area contributed by atoms with Crippen LogP contribution in [0.25, 0.3) is 0 Å². The molecule has 0 heterocycles. The maximum absolute atomic E-state index is 13.0. The fraction of sp³-hybridized carbons (Fsp3) is 0.0952. The lowest BCUT2D eigenvalue weighted by atomic mass is 10.1. The second-order valence-corrected chi connectivity index (χ2v) is 8.51. The van der Waals surface area contributed by atoms with Crippen LogP contribution in [0, 0.1) is 5.82 Å². The Morgan fingerprint density at radius 1 is 1.00 bits per heavy atom. The normalized spacial score (nSPS) is 12.2. The van der Waals surface area contributed by atoms with Gasteiger partial charge < -0.3 is 5.32 Å². The summed E-state index contributed by atoms with van der Waals surface area (Å²) in [7, 11) is -3.85. The van der Waals surface area contributed by atoms with Crippen LogP contribution in [0.15, 0.2) is 77.7 Å². The third kappa shape index (κ3) is 5.34. The number of carbonyl (C=O) groups excluding carboxylic acids is 1. The van der Waals surface area contributed by atoms with Crippen molar-refractivity contribution in [1.82, 2.24) is 5.32 Å². The van der Waals surface area contributed by atoms with Gasteiger partial charge in [-0.15, -0.1) is 0 Å². The van der Waals surface area contributed by atoms with E-state index in [2.05, 4.69) is 10.0 Å². The van der Waals surface area contributed by atoms with Crippen molar-refractivity contribution in [2.24, 2.45) is 0 Å². The summed E-state index contributed by atoms with van der Waals surface area (Å²) in [5.74, 6) is -0.822. The lowest BCUT2D eigenvalue weighted by molar-refractivity contribution is 0.0940. The van der Waals surface area contributed by atoms with Crippen LogP contribution in [-0.4, -0.2) is 14.3 Å². The first kappa shape index (κ1) is 20.8. The second kappa shape index (κ2) is 8.63. The average Bonchev–Trinajstić information content (AvgIpc) is 2.68. The van der Waals surface area contributed by atoms with E-state index in [0.717, 1.165) is 17.7 Å². The van der Waals surface area contributed by atoms with E-state index < -0.39 is 15.8 Å². The monoisotopic (exact) mass is 432 g/mol. The van der Waals surface area contributed by atoms with Gasteiger partial charge in [0.2, 0.25) is 0 Å². The summed E-state index contributed by atoms with van der Waals surface area (Å²) in [5, 5.41) is 3.45. The van der Waals surface area contributed by atoms with Gasteiger partial charge in [-0.25, -0.2) is 12.8 Å². The maximum atomic E-state index is 13.0. The number of amides is 1. The van der Waals surface area contributed by atoms with Gasteiger partial charge in [0.15, 0.2) is 0 Å². The zero-order valence-electron chi connectivity index (χ0n) is 15.4. The molecule has 5 nitrogen and oxygen atoms in total. The van der Waals surface area contributed by atoms with Crippen LogP contribution in [-0.2, 0) is 10.0 Å². The van der Waals surface area contributed by atoms with E-state index in [9.17, 15) is 17.6 Å². The minimum absolute atomic E-state index is 0.0592. The molecular formula is C21H18ClFN2O3S. The van der Waals surface area contributed by atoms with Gasteiger partial charge in [0.25, 0.3) is 15.9 Å². The maximum Gasteiger partial charge on any atom is 0.261 e. The lowest BCUT2D eigenvalue weighted by Crippen LogP contribution is -2.26. The van der Waals surface area contributed by atoms with Crippen LogP contribution in [0.4, 0.5) is 10.1 Å². The summed E-state index contributed by atoms with van der Waals surface area (Å²) in [6.07, 6.45) is 0. The van der Waals surface area contributed by atoms with Crippen LogP contribution in [0.1, 0.15) is 28.9 Å². The molecule has 0 saturated carbocycles. The molecule has 1 amide bonds. The molecule has 0 bridgehead atoms. The first-order valence-corrected chi connectivity index (χ1v) is 10.6. The molecule has 29 heavy (non-hydrogen) atoms. The quantitative estimate of drug-likeness (QED) is 0.589. The molecule has 0 saturated heterocycles. The molecule has 3 aromatic carbocycles.